The van der Waals surface area contributed by atoms with E-state index < -0.39 is 53.7 Å². The van der Waals surface area contributed by atoms with Gasteiger partial charge in [-0.15, -0.1) is 0 Å². The number of carbonyl (C=O) groups is 3. The van der Waals surface area contributed by atoms with E-state index in [4.69, 9.17) is 10.5 Å². The Balaban J connectivity index is 2.60. The Hall–Kier alpha value is -2.43. The molecular weight excluding hydrogens is 363 g/mol. The van der Waals surface area contributed by atoms with Crippen LogP contribution in [0.25, 0.3) is 0 Å². The zero-order valence-electron chi connectivity index (χ0n) is 13.1. The Morgan fingerprint density at radius 2 is 1.92 bits per heavy atom. The summed E-state index contributed by atoms with van der Waals surface area (Å²) in [5.74, 6) is -6.08. The van der Waals surface area contributed by atoms with Gasteiger partial charge in [0.25, 0.3) is 5.91 Å². The molecular formula is C14H16F3N3O4S. The zero-order valence-corrected chi connectivity index (χ0v) is 13.9. The van der Waals surface area contributed by atoms with Gasteiger partial charge in [0.05, 0.1) is 5.69 Å². The van der Waals surface area contributed by atoms with Gasteiger partial charge in [-0.05, 0) is 30.6 Å². The largest absolute Gasteiger partial charge is 0.454 e. The van der Waals surface area contributed by atoms with Crippen LogP contribution in [0.2, 0.25) is 0 Å². The van der Waals surface area contributed by atoms with Crippen molar-refractivity contribution in [3.63, 3.8) is 0 Å². The molecule has 4 N–H and O–H groups in total. The monoisotopic (exact) mass is 379 g/mol. The summed E-state index contributed by atoms with van der Waals surface area (Å²) in [6, 6.07) is -0.521. The van der Waals surface area contributed by atoms with Gasteiger partial charge in [-0.1, -0.05) is 0 Å². The third kappa shape index (κ3) is 6.53. The lowest BCUT2D eigenvalue weighted by Crippen LogP contribution is -2.45. The molecule has 0 saturated heterocycles. The molecule has 1 aromatic carbocycles. The van der Waals surface area contributed by atoms with Crippen LogP contribution in [0.5, 0.6) is 0 Å². The maximum atomic E-state index is 13.4. The second-order valence-electron chi connectivity index (χ2n) is 4.72. The predicted molar refractivity (Wildman–Crippen MR) is 85.4 cm³/mol. The van der Waals surface area contributed by atoms with E-state index in [9.17, 15) is 27.6 Å². The zero-order chi connectivity index (χ0) is 19.0. The van der Waals surface area contributed by atoms with Crippen molar-refractivity contribution in [3.8, 4) is 0 Å². The van der Waals surface area contributed by atoms with Crippen molar-refractivity contribution in [3.05, 3.63) is 29.6 Å². The van der Waals surface area contributed by atoms with Crippen LogP contribution < -0.4 is 16.4 Å². The Labute approximate surface area is 145 Å². The van der Waals surface area contributed by atoms with Gasteiger partial charge in [0.1, 0.15) is 6.04 Å². The molecule has 1 atom stereocenters. The number of amides is 3. The molecule has 11 heteroatoms. The van der Waals surface area contributed by atoms with Gasteiger partial charge < -0.3 is 21.1 Å². The lowest BCUT2D eigenvalue weighted by molar-refractivity contribution is -0.149. The Morgan fingerprint density at radius 1 is 1.24 bits per heavy atom. The van der Waals surface area contributed by atoms with Crippen molar-refractivity contribution < 1.29 is 32.3 Å². The third-order valence-corrected chi connectivity index (χ3v) is 3.51. The SMILES string of the molecule is CSCC[C@@H](NC(N)=O)C(=O)OCC(=O)Nc1ccc(F)c(F)c1F. The second kappa shape index (κ2) is 9.77. The molecule has 0 radical (unpaired) electrons. The van der Waals surface area contributed by atoms with Crippen LogP contribution in [0.15, 0.2) is 12.1 Å². The first-order valence-corrected chi connectivity index (χ1v) is 8.30. The molecule has 25 heavy (non-hydrogen) atoms. The number of benzene rings is 1. The van der Waals surface area contributed by atoms with Crippen molar-refractivity contribution in [1.82, 2.24) is 5.32 Å². The highest BCUT2D eigenvalue weighted by molar-refractivity contribution is 7.98. The van der Waals surface area contributed by atoms with Crippen molar-refractivity contribution >= 4 is 35.4 Å². The number of halogens is 3. The number of thioether (sulfide) groups is 1. The summed E-state index contributed by atoms with van der Waals surface area (Å²) >= 11 is 1.42. The Kier molecular flexibility index (Phi) is 8.05. The molecule has 0 spiro atoms. The van der Waals surface area contributed by atoms with Gasteiger partial charge >= 0.3 is 12.0 Å². The number of primary amides is 1. The van der Waals surface area contributed by atoms with Gasteiger partial charge in [-0.2, -0.15) is 11.8 Å². The summed E-state index contributed by atoms with van der Waals surface area (Å²) in [6.07, 6.45) is 2.01. The first-order valence-electron chi connectivity index (χ1n) is 6.91. The van der Waals surface area contributed by atoms with Crippen molar-refractivity contribution in [1.29, 1.82) is 0 Å². The maximum absolute atomic E-state index is 13.4. The standard InChI is InChI=1S/C14H16F3N3O4S/c1-25-5-4-9(20-14(18)23)13(22)24-6-10(21)19-8-3-2-7(15)11(16)12(8)17/h2-3,9H,4-6H2,1H3,(H,19,21)(H3,18,20,23)/t9-/m1/s1. The molecule has 7 nitrogen and oxygen atoms in total. The number of nitrogens with two attached hydrogens (primary N) is 1. The molecule has 138 valence electrons. The van der Waals surface area contributed by atoms with Crippen LogP contribution in [0.4, 0.5) is 23.7 Å². The second-order valence-corrected chi connectivity index (χ2v) is 5.71. The van der Waals surface area contributed by atoms with Crippen LogP contribution in [-0.2, 0) is 14.3 Å². The molecule has 0 saturated carbocycles. The summed E-state index contributed by atoms with van der Waals surface area (Å²) in [5.41, 5.74) is 4.35. The average molecular weight is 379 g/mol. The van der Waals surface area contributed by atoms with E-state index in [1.807, 2.05) is 5.32 Å². The fourth-order valence-corrected chi connectivity index (χ4v) is 2.17. The molecule has 1 rings (SSSR count). The minimum absolute atomic E-state index is 0.225. The molecule has 0 aliphatic carbocycles. The van der Waals surface area contributed by atoms with Crippen LogP contribution in [-0.4, -0.2) is 42.6 Å². The summed E-state index contributed by atoms with van der Waals surface area (Å²) in [4.78, 5) is 34.3. The fourth-order valence-electron chi connectivity index (χ4n) is 1.70. The molecule has 0 aliphatic heterocycles. The number of anilines is 1. The normalized spacial score (nSPS) is 11.5. The lowest BCUT2D eigenvalue weighted by atomic mass is 10.2. The van der Waals surface area contributed by atoms with E-state index in [-0.39, 0.29) is 6.42 Å². The average Bonchev–Trinajstić information content (AvgIpc) is 2.56. The van der Waals surface area contributed by atoms with Gasteiger partial charge in [0.15, 0.2) is 24.1 Å². The third-order valence-electron chi connectivity index (χ3n) is 2.87. The van der Waals surface area contributed by atoms with E-state index in [0.29, 0.717) is 11.8 Å². The molecule has 0 heterocycles. The summed E-state index contributed by atoms with van der Waals surface area (Å²) in [5, 5.41) is 4.12. The fraction of sp³-hybridized carbons (Fsp3) is 0.357. The summed E-state index contributed by atoms with van der Waals surface area (Å²) in [7, 11) is 0. The molecule has 3 amide bonds. The highest BCUT2D eigenvalue weighted by Gasteiger charge is 2.22. The van der Waals surface area contributed by atoms with Crippen molar-refractivity contribution in [2.75, 3.05) is 23.9 Å². The number of esters is 1. The minimum atomic E-state index is -1.74. The number of urea groups is 1. The molecule has 0 bridgehead atoms. The van der Waals surface area contributed by atoms with Crippen molar-refractivity contribution in [2.45, 2.75) is 12.5 Å². The van der Waals surface area contributed by atoms with Crippen LogP contribution in [0, 0.1) is 17.5 Å². The van der Waals surface area contributed by atoms with E-state index in [0.717, 1.165) is 6.07 Å². The van der Waals surface area contributed by atoms with Crippen LogP contribution >= 0.6 is 11.8 Å². The number of rotatable bonds is 8. The maximum Gasteiger partial charge on any atom is 0.329 e. The Bertz CT molecular complexity index is 660. The van der Waals surface area contributed by atoms with Gasteiger partial charge in [0.2, 0.25) is 0 Å². The topological polar surface area (TPSA) is 111 Å². The molecule has 1 aromatic rings. The quantitative estimate of drug-likeness (QED) is 0.467. The molecule has 0 aliphatic rings. The van der Waals surface area contributed by atoms with Crippen molar-refractivity contribution in [2.24, 2.45) is 5.73 Å². The van der Waals surface area contributed by atoms with E-state index in [1.54, 1.807) is 6.26 Å². The Morgan fingerprint density at radius 3 is 2.52 bits per heavy atom. The van der Waals surface area contributed by atoms with Gasteiger partial charge in [0, 0.05) is 0 Å². The van der Waals surface area contributed by atoms with E-state index in [1.165, 1.54) is 11.8 Å². The number of nitrogens with one attached hydrogen (secondary N) is 2. The lowest BCUT2D eigenvalue weighted by Gasteiger charge is -2.16. The smallest absolute Gasteiger partial charge is 0.329 e. The first-order chi connectivity index (χ1) is 11.8. The van der Waals surface area contributed by atoms with Crippen LogP contribution in [0.3, 0.4) is 0 Å². The van der Waals surface area contributed by atoms with Gasteiger partial charge in [-0.25, -0.2) is 22.8 Å². The highest BCUT2D eigenvalue weighted by Crippen LogP contribution is 2.19. The number of carbonyl (C=O) groups excluding carboxylic acids is 3. The van der Waals surface area contributed by atoms with E-state index in [2.05, 4.69) is 5.32 Å². The highest BCUT2D eigenvalue weighted by atomic mass is 32.2. The van der Waals surface area contributed by atoms with Gasteiger partial charge in [-0.3, -0.25) is 4.79 Å². The summed E-state index contributed by atoms with van der Waals surface area (Å²) < 4.78 is 44.0. The molecule has 0 aromatic heterocycles. The van der Waals surface area contributed by atoms with Crippen LogP contribution in [0.1, 0.15) is 6.42 Å². The molecule has 0 unspecified atom stereocenters. The van der Waals surface area contributed by atoms with E-state index >= 15 is 0 Å². The number of hydrogen-bond acceptors (Lipinski definition) is 5. The summed E-state index contributed by atoms with van der Waals surface area (Å²) in [6.45, 7) is -0.812. The predicted octanol–water partition coefficient (Wildman–Crippen LogP) is 1.38. The minimum Gasteiger partial charge on any atom is -0.454 e. The number of hydrogen-bond donors (Lipinski definition) is 3. The molecule has 0 fully saturated rings. The number of ether oxygens (including phenoxy) is 1. The first kappa shape index (κ1) is 20.6.